The molecular weight excluding hydrogens is 248 g/mol. The zero-order chi connectivity index (χ0) is 14.0. The smallest absolute Gasteiger partial charge is 0.329 e. The Bertz CT molecular complexity index is 374. The van der Waals surface area contributed by atoms with E-state index >= 15 is 0 Å². The van der Waals surface area contributed by atoms with Crippen LogP contribution in [-0.2, 0) is 14.3 Å². The number of nitrogens with zero attached hydrogens (tertiary/aromatic N) is 1. The van der Waals surface area contributed by atoms with E-state index in [-0.39, 0.29) is 18.1 Å². The van der Waals surface area contributed by atoms with Crippen LogP contribution >= 0.6 is 0 Å². The van der Waals surface area contributed by atoms with Crippen molar-refractivity contribution in [3.8, 4) is 0 Å². The van der Waals surface area contributed by atoms with Gasteiger partial charge in [0.1, 0.15) is 5.54 Å². The van der Waals surface area contributed by atoms with Gasteiger partial charge in [0.05, 0.1) is 12.1 Å². The monoisotopic (exact) mass is 270 g/mol. The predicted octanol–water partition coefficient (Wildman–Crippen LogP) is 0.219. The number of rotatable bonds is 4. The third kappa shape index (κ3) is 2.34. The lowest BCUT2D eigenvalue weighted by molar-refractivity contribution is -0.157. The first kappa shape index (κ1) is 14.3. The van der Waals surface area contributed by atoms with Crippen molar-refractivity contribution in [1.82, 2.24) is 10.2 Å². The van der Waals surface area contributed by atoms with Crippen LogP contribution in [0, 0.1) is 0 Å². The van der Waals surface area contributed by atoms with E-state index in [1.165, 1.54) is 0 Å². The Labute approximate surface area is 113 Å². The number of hydrogen-bond donors (Lipinski definition) is 2. The molecule has 2 rings (SSSR count). The summed E-state index contributed by atoms with van der Waals surface area (Å²) in [5.74, 6) is -0.983. The minimum absolute atomic E-state index is 0.0393. The second kappa shape index (κ2) is 5.46. The lowest BCUT2D eigenvalue weighted by Crippen LogP contribution is -2.56. The molecule has 0 aromatic rings. The maximum absolute atomic E-state index is 12.5. The van der Waals surface area contributed by atoms with Gasteiger partial charge in [-0.05, 0) is 25.7 Å². The van der Waals surface area contributed by atoms with Crippen molar-refractivity contribution in [2.45, 2.75) is 50.3 Å². The van der Waals surface area contributed by atoms with Crippen molar-refractivity contribution >= 4 is 11.9 Å². The Morgan fingerprint density at radius 1 is 1.53 bits per heavy atom. The fraction of sp³-hybridized carbons (Fsp3) is 0.846. The van der Waals surface area contributed by atoms with E-state index in [9.17, 15) is 14.7 Å². The van der Waals surface area contributed by atoms with Crippen molar-refractivity contribution in [1.29, 1.82) is 0 Å². The van der Waals surface area contributed by atoms with Crippen LogP contribution in [0.3, 0.4) is 0 Å². The van der Waals surface area contributed by atoms with E-state index in [1.807, 2.05) is 6.92 Å². The normalized spacial score (nSPS) is 34.7. The van der Waals surface area contributed by atoms with E-state index in [0.717, 1.165) is 6.42 Å². The van der Waals surface area contributed by atoms with Crippen LogP contribution in [0.15, 0.2) is 0 Å². The molecule has 2 aliphatic heterocycles. The Morgan fingerprint density at radius 3 is 2.79 bits per heavy atom. The van der Waals surface area contributed by atoms with E-state index in [0.29, 0.717) is 32.4 Å². The topological polar surface area (TPSA) is 78.9 Å². The molecule has 2 N–H and O–H groups in total. The molecule has 3 atom stereocenters. The van der Waals surface area contributed by atoms with Gasteiger partial charge in [0.2, 0.25) is 5.91 Å². The van der Waals surface area contributed by atoms with Crippen LogP contribution in [0.4, 0.5) is 0 Å². The zero-order valence-corrected chi connectivity index (χ0v) is 11.5. The molecule has 0 aromatic carbocycles. The number of likely N-dealkylation sites (tertiary alicyclic amines) is 1. The molecule has 108 valence electrons. The van der Waals surface area contributed by atoms with Gasteiger partial charge in [-0.2, -0.15) is 0 Å². The number of methoxy groups -OCH3 is 1. The van der Waals surface area contributed by atoms with Gasteiger partial charge >= 0.3 is 5.97 Å². The molecule has 0 saturated carbocycles. The minimum atomic E-state index is -1.01. The third-order valence-corrected chi connectivity index (χ3v) is 4.46. The number of hydrogen-bond acceptors (Lipinski definition) is 4. The molecule has 0 aromatic heterocycles. The Kier molecular flexibility index (Phi) is 4.10. The molecular formula is C13H22N2O4. The molecule has 1 amide bonds. The maximum Gasteiger partial charge on any atom is 0.329 e. The SMILES string of the molecule is CCC1(C(=O)O)CCCN1C(=O)C1CC(OC)CN1. The first-order valence-electron chi connectivity index (χ1n) is 6.86. The minimum Gasteiger partial charge on any atom is -0.479 e. The predicted molar refractivity (Wildman–Crippen MR) is 68.8 cm³/mol. The van der Waals surface area contributed by atoms with Crippen molar-refractivity contribution in [2.24, 2.45) is 0 Å². The first-order chi connectivity index (χ1) is 9.05. The summed E-state index contributed by atoms with van der Waals surface area (Å²) in [6.45, 7) is 3.02. The van der Waals surface area contributed by atoms with Crippen LogP contribution in [0.1, 0.15) is 32.6 Å². The number of amides is 1. The number of carbonyl (C=O) groups is 2. The summed E-state index contributed by atoms with van der Waals surface area (Å²) in [4.78, 5) is 25.7. The van der Waals surface area contributed by atoms with Crippen LogP contribution in [0.5, 0.6) is 0 Å². The summed E-state index contributed by atoms with van der Waals surface area (Å²) < 4.78 is 5.23. The number of nitrogens with one attached hydrogen (secondary N) is 1. The number of ether oxygens (including phenoxy) is 1. The van der Waals surface area contributed by atoms with Gasteiger partial charge in [0, 0.05) is 20.2 Å². The highest BCUT2D eigenvalue weighted by molar-refractivity contribution is 5.90. The summed E-state index contributed by atoms with van der Waals surface area (Å²) in [6, 6.07) is -0.312. The molecule has 2 aliphatic rings. The van der Waals surface area contributed by atoms with Gasteiger partial charge in [-0.1, -0.05) is 6.92 Å². The summed E-state index contributed by atoms with van der Waals surface area (Å²) in [6.07, 6.45) is 2.41. The van der Waals surface area contributed by atoms with E-state index in [2.05, 4.69) is 5.32 Å². The second-order valence-corrected chi connectivity index (χ2v) is 5.34. The first-order valence-corrected chi connectivity index (χ1v) is 6.86. The summed E-state index contributed by atoms with van der Waals surface area (Å²) in [5.41, 5.74) is -1.01. The maximum atomic E-state index is 12.5. The molecule has 6 nitrogen and oxygen atoms in total. The van der Waals surface area contributed by atoms with Gasteiger partial charge in [-0.15, -0.1) is 0 Å². The standard InChI is InChI=1S/C13H22N2O4/c1-3-13(12(17)18)5-4-6-15(13)11(16)10-7-9(19-2)8-14-10/h9-10,14H,3-8H2,1-2H3,(H,17,18). The Balaban J connectivity index is 2.12. The highest BCUT2D eigenvalue weighted by Gasteiger charge is 2.50. The second-order valence-electron chi connectivity index (χ2n) is 5.34. The van der Waals surface area contributed by atoms with Crippen molar-refractivity contribution in [2.75, 3.05) is 20.2 Å². The molecule has 2 fully saturated rings. The third-order valence-electron chi connectivity index (χ3n) is 4.46. The largest absolute Gasteiger partial charge is 0.479 e. The summed E-state index contributed by atoms with van der Waals surface area (Å²) in [7, 11) is 1.63. The van der Waals surface area contributed by atoms with Crippen molar-refractivity contribution in [3.05, 3.63) is 0 Å². The van der Waals surface area contributed by atoms with E-state index in [4.69, 9.17) is 4.74 Å². The van der Waals surface area contributed by atoms with Gasteiger partial charge in [0.25, 0.3) is 0 Å². The molecule has 2 saturated heterocycles. The number of aliphatic carboxylic acids is 1. The molecule has 6 heteroatoms. The van der Waals surface area contributed by atoms with Crippen molar-refractivity contribution in [3.63, 3.8) is 0 Å². The lowest BCUT2D eigenvalue weighted by atomic mass is 9.92. The van der Waals surface area contributed by atoms with Gasteiger partial charge < -0.3 is 20.1 Å². The van der Waals surface area contributed by atoms with Gasteiger partial charge in [-0.25, -0.2) is 4.79 Å². The number of carboxylic acid groups (broad SMARTS) is 1. The van der Waals surface area contributed by atoms with E-state index in [1.54, 1.807) is 12.0 Å². The molecule has 3 unspecified atom stereocenters. The average molecular weight is 270 g/mol. The van der Waals surface area contributed by atoms with E-state index < -0.39 is 11.5 Å². The molecule has 0 aliphatic carbocycles. The van der Waals surface area contributed by atoms with Crippen LogP contribution < -0.4 is 5.32 Å². The fourth-order valence-corrected chi connectivity index (χ4v) is 3.20. The lowest BCUT2D eigenvalue weighted by Gasteiger charge is -2.35. The molecule has 19 heavy (non-hydrogen) atoms. The average Bonchev–Trinajstić information content (AvgIpc) is 3.04. The van der Waals surface area contributed by atoms with Gasteiger partial charge in [-0.3, -0.25) is 4.79 Å². The quantitative estimate of drug-likeness (QED) is 0.764. The van der Waals surface area contributed by atoms with Crippen molar-refractivity contribution < 1.29 is 19.4 Å². The molecule has 0 radical (unpaired) electrons. The van der Waals surface area contributed by atoms with Gasteiger partial charge in [0.15, 0.2) is 0 Å². The van der Waals surface area contributed by atoms with Crippen LogP contribution in [0.2, 0.25) is 0 Å². The number of carbonyl (C=O) groups excluding carboxylic acids is 1. The zero-order valence-electron chi connectivity index (χ0n) is 11.5. The highest BCUT2D eigenvalue weighted by Crippen LogP contribution is 2.34. The summed E-state index contributed by atoms with van der Waals surface area (Å²) >= 11 is 0. The van der Waals surface area contributed by atoms with Crippen LogP contribution in [-0.4, -0.2) is 59.8 Å². The highest BCUT2D eigenvalue weighted by atomic mass is 16.5. The summed E-state index contributed by atoms with van der Waals surface area (Å²) in [5, 5.41) is 12.6. The fourth-order valence-electron chi connectivity index (χ4n) is 3.20. The van der Waals surface area contributed by atoms with Crippen LogP contribution in [0.25, 0.3) is 0 Å². The Morgan fingerprint density at radius 2 is 2.26 bits per heavy atom. The molecule has 2 heterocycles. The number of carboxylic acids is 1. The molecule has 0 spiro atoms. The molecule has 0 bridgehead atoms. The Hall–Kier alpha value is -1.14.